The number of primary amides is 1. The fourth-order valence-electron chi connectivity index (χ4n) is 3.28. The zero-order valence-electron chi connectivity index (χ0n) is 14.0. The smallest absolute Gasteiger partial charge is 0.249 e. The summed E-state index contributed by atoms with van der Waals surface area (Å²) < 4.78 is 1.79. The lowest BCUT2D eigenvalue weighted by atomic mass is 10.0. The zero-order chi connectivity index (χ0) is 17.4. The average molecular weight is 353 g/mol. The van der Waals surface area contributed by atoms with Gasteiger partial charge in [0.2, 0.25) is 5.91 Å². The quantitative estimate of drug-likeness (QED) is 0.780. The number of nitrogens with two attached hydrogens (primary N) is 1. The van der Waals surface area contributed by atoms with E-state index in [4.69, 9.17) is 5.73 Å². The summed E-state index contributed by atoms with van der Waals surface area (Å²) in [6.45, 7) is 2.61. The molecule has 1 aliphatic heterocycles. The van der Waals surface area contributed by atoms with Gasteiger partial charge in [0.05, 0.1) is 11.8 Å². The number of hydrogen-bond donors (Lipinski definition) is 1. The number of thiophene rings is 1. The van der Waals surface area contributed by atoms with Crippen LogP contribution >= 0.6 is 11.3 Å². The Labute approximate surface area is 149 Å². The molecule has 1 aliphatic rings. The molecule has 7 heteroatoms. The largest absolute Gasteiger partial charge is 0.366 e. The van der Waals surface area contributed by atoms with Crippen molar-refractivity contribution in [2.24, 2.45) is 12.8 Å². The monoisotopic (exact) mass is 353 g/mol. The number of carbonyl (C=O) groups excluding carboxylic acids is 1. The molecule has 6 nitrogen and oxygen atoms in total. The highest BCUT2D eigenvalue weighted by Gasteiger charge is 2.23. The molecule has 0 unspecified atom stereocenters. The molecule has 4 heterocycles. The molecule has 1 amide bonds. The molecule has 3 aromatic rings. The Bertz CT molecular complexity index is 929. The van der Waals surface area contributed by atoms with Gasteiger partial charge in [0.1, 0.15) is 0 Å². The minimum Gasteiger partial charge on any atom is -0.366 e. The predicted molar refractivity (Wildman–Crippen MR) is 97.1 cm³/mol. The predicted octanol–water partition coefficient (Wildman–Crippen LogP) is 2.20. The van der Waals surface area contributed by atoms with Crippen molar-refractivity contribution in [2.75, 3.05) is 6.54 Å². The number of aryl methyl sites for hydroxylation is 1. The van der Waals surface area contributed by atoms with Crippen molar-refractivity contribution in [3.63, 3.8) is 0 Å². The maximum Gasteiger partial charge on any atom is 0.249 e. The summed E-state index contributed by atoms with van der Waals surface area (Å²) in [5.41, 5.74) is 10.6. The van der Waals surface area contributed by atoms with Crippen LogP contribution in [0.4, 0.5) is 0 Å². The Hall–Kier alpha value is -2.51. The van der Waals surface area contributed by atoms with Gasteiger partial charge in [-0.05, 0) is 23.6 Å². The van der Waals surface area contributed by atoms with Gasteiger partial charge in [0.25, 0.3) is 0 Å². The minimum absolute atomic E-state index is 0.320. The highest BCUT2D eigenvalue weighted by molar-refractivity contribution is 7.10. The van der Waals surface area contributed by atoms with E-state index < -0.39 is 0 Å². The van der Waals surface area contributed by atoms with E-state index in [1.165, 1.54) is 10.4 Å². The molecule has 3 aromatic heterocycles. The molecular formula is C18H19N5OS. The summed E-state index contributed by atoms with van der Waals surface area (Å²) >= 11 is 1.63. The third-order valence-electron chi connectivity index (χ3n) is 4.53. The van der Waals surface area contributed by atoms with Crippen LogP contribution in [0, 0.1) is 0 Å². The van der Waals surface area contributed by atoms with Crippen LogP contribution in [0.25, 0.3) is 11.1 Å². The molecule has 0 radical (unpaired) electrons. The Morgan fingerprint density at radius 3 is 2.96 bits per heavy atom. The Morgan fingerprint density at radius 2 is 2.20 bits per heavy atom. The van der Waals surface area contributed by atoms with Gasteiger partial charge in [-0.25, -0.2) is 0 Å². The van der Waals surface area contributed by atoms with Gasteiger partial charge >= 0.3 is 0 Å². The molecule has 0 atom stereocenters. The van der Waals surface area contributed by atoms with Gasteiger partial charge in [0, 0.05) is 66.7 Å². The lowest BCUT2D eigenvalue weighted by Gasteiger charge is -2.27. The van der Waals surface area contributed by atoms with Crippen molar-refractivity contribution >= 4 is 17.2 Å². The number of carbonyl (C=O) groups is 1. The van der Waals surface area contributed by atoms with Crippen molar-refractivity contribution in [1.82, 2.24) is 19.7 Å². The fraction of sp³-hybridized carbons (Fsp3) is 0.278. The van der Waals surface area contributed by atoms with E-state index >= 15 is 0 Å². The minimum atomic E-state index is -0.320. The van der Waals surface area contributed by atoms with Gasteiger partial charge in [0.15, 0.2) is 0 Å². The topological polar surface area (TPSA) is 77.0 Å². The molecule has 0 bridgehead atoms. The molecule has 4 rings (SSSR count). The molecule has 2 N–H and O–H groups in total. The van der Waals surface area contributed by atoms with Crippen LogP contribution in [0.5, 0.6) is 0 Å². The number of hydrogen-bond acceptors (Lipinski definition) is 5. The molecule has 0 aliphatic carbocycles. The molecule has 0 saturated heterocycles. The third-order valence-corrected chi connectivity index (χ3v) is 5.54. The molecule has 0 spiro atoms. The fourth-order valence-corrected chi connectivity index (χ4v) is 4.41. The van der Waals surface area contributed by atoms with Crippen molar-refractivity contribution < 1.29 is 4.79 Å². The van der Waals surface area contributed by atoms with Crippen LogP contribution in [0.15, 0.2) is 36.2 Å². The highest BCUT2D eigenvalue weighted by Crippen LogP contribution is 2.29. The van der Waals surface area contributed by atoms with E-state index in [2.05, 4.69) is 21.0 Å². The Kier molecular flexibility index (Phi) is 4.10. The van der Waals surface area contributed by atoms with E-state index in [0.717, 1.165) is 42.7 Å². The summed E-state index contributed by atoms with van der Waals surface area (Å²) in [6.07, 6.45) is 8.49. The molecule has 0 saturated carbocycles. The van der Waals surface area contributed by atoms with Crippen LogP contribution < -0.4 is 5.73 Å². The zero-order valence-corrected chi connectivity index (χ0v) is 14.8. The summed E-state index contributed by atoms with van der Waals surface area (Å²) in [4.78, 5) is 19.5. The standard InChI is InChI=1S/C18H19N5OS/c1-22-9-14(7-21-22)13-4-12(5-20-6-13)8-23-3-2-15-16(18(19)24)11-25-17(15)10-23/h4-7,9,11H,2-3,8,10H2,1H3,(H2,19,24). The number of amides is 1. The SMILES string of the molecule is Cn1cc(-c2cncc(CN3CCc4c(C(N)=O)csc4C3)c2)cn1. The van der Waals surface area contributed by atoms with Crippen molar-refractivity contribution in [2.45, 2.75) is 19.5 Å². The summed E-state index contributed by atoms with van der Waals surface area (Å²) in [6, 6.07) is 2.17. The first kappa shape index (κ1) is 16.0. The van der Waals surface area contributed by atoms with Gasteiger partial charge in [-0.2, -0.15) is 5.10 Å². The summed E-state index contributed by atoms with van der Waals surface area (Å²) in [5.74, 6) is -0.320. The number of pyridine rings is 1. The second-order valence-corrected chi connectivity index (χ2v) is 7.32. The van der Waals surface area contributed by atoms with Crippen molar-refractivity contribution in [1.29, 1.82) is 0 Å². The van der Waals surface area contributed by atoms with E-state index in [1.807, 2.05) is 37.2 Å². The summed E-state index contributed by atoms with van der Waals surface area (Å²) in [5, 5.41) is 6.11. The van der Waals surface area contributed by atoms with Crippen LogP contribution in [0.3, 0.4) is 0 Å². The van der Waals surface area contributed by atoms with E-state index in [0.29, 0.717) is 5.56 Å². The second-order valence-electron chi connectivity index (χ2n) is 6.36. The van der Waals surface area contributed by atoms with Crippen LogP contribution in [0.2, 0.25) is 0 Å². The first-order valence-electron chi connectivity index (χ1n) is 8.14. The third kappa shape index (κ3) is 3.20. The normalized spacial score (nSPS) is 14.4. The highest BCUT2D eigenvalue weighted by atomic mass is 32.1. The molecule has 25 heavy (non-hydrogen) atoms. The van der Waals surface area contributed by atoms with Gasteiger partial charge in [-0.15, -0.1) is 11.3 Å². The molecular weight excluding hydrogens is 334 g/mol. The van der Waals surface area contributed by atoms with E-state index in [-0.39, 0.29) is 5.91 Å². The second kappa shape index (κ2) is 6.42. The first-order valence-corrected chi connectivity index (χ1v) is 9.02. The van der Waals surface area contributed by atoms with Crippen LogP contribution in [0.1, 0.15) is 26.4 Å². The summed E-state index contributed by atoms with van der Waals surface area (Å²) in [7, 11) is 1.91. The Balaban J connectivity index is 1.50. The van der Waals surface area contributed by atoms with E-state index in [1.54, 1.807) is 16.0 Å². The van der Waals surface area contributed by atoms with Crippen molar-refractivity contribution in [3.05, 3.63) is 57.8 Å². The van der Waals surface area contributed by atoms with Gasteiger partial charge < -0.3 is 5.73 Å². The van der Waals surface area contributed by atoms with E-state index in [9.17, 15) is 4.79 Å². The lowest BCUT2D eigenvalue weighted by Crippen LogP contribution is -2.30. The first-order chi connectivity index (χ1) is 12.1. The van der Waals surface area contributed by atoms with Crippen LogP contribution in [-0.4, -0.2) is 32.1 Å². The van der Waals surface area contributed by atoms with Gasteiger partial charge in [-0.3, -0.25) is 19.4 Å². The molecule has 0 aromatic carbocycles. The van der Waals surface area contributed by atoms with Crippen LogP contribution in [-0.2, 0) is 26.6 Å². The Morgan fingerprint density at radius 1 is 1.32 bits per heavy atom. The number of aromatic nitrogens is 3. The maximum atomic E-state index is 11.5. The van der Waals surface area contributed by atoms with Gasteiger partial charge in [-0.1, -0.05) is 0 Å². The molecule has 128 valence electrons. The lowest BCUT2D eigenvalue weighted by molar-refractivity contribution is 0.0999. The molecule has 0 fully saturated rings. The number of nitrogens with zero attached hydrogens (tertiary/aromatic N) is 4. The maximum absolute atomic E-state index is 11.5. The number of rotatable bonds is 4. The van der Waals surface area contributed by atoms with Crippen molar-refractivity contribution in [3.8, 4) is 11.1 Å². The number of fused-ring (bicyclic) bond motifs is 1. The average Bonchev–Trinajstić information content (AvgIpc) is 3.21.